The molecule has 1 rings (SSSR count). The van der Waals surface area contributed by atoms with Gasteiger partial charge in [-0.25, -0.2) is 0 Å². The third kappa shape index (κ3) is 11.7. The molecule has 0 bridgehead atoms. The van der Waals surface area contributed by atoms with Gasteiger partial charge in [-0.1, -0.05) is 62.6 Å². The lowest BCUT2D eigenvalue weighted by Crippen LogP contribution is -2.00. The summed E-state index contributed by atoms with van der Waals surface area (Å²) >= 11 is 0. The summed E-state index contributed by atoms with van der Waals surface area (Å²) in [7, 11) is 1.41. The molecule has 0 saturated carbocycles. The first-order chi connectivity index (χ1) is 12.2. The van der Waals surface area contributed by atoms with Crippen LogP contribution in [0.25, 0.3) is 0 Å². The number of aliphatic hydroxyl groups is 1. The molecule has 0 amide bonds. The van der Waals surface area contributed by atoms with Crippen molar-refractivity contribution in [2.24, 2.45) is 0 Å². The number of unbranched alkanes of at least 4 members (excludes halogenated alkanes) is 3. The number of methoxy groups -OCH3 is 1. The average molecular weight is 350 g/mol. The maximum atomic E-state index is 10.9. The highest BCUT2D eigenvalue weighted by Crippen LogP contribution is 2.28. The average Bonchev–Trinajstić information content (AvgIpc) is 3.36. The van der Waals surface area contributed by atoms with Gasteiger partial charge in [0.05, 0.1) is 19.3 Å². The summed E-state index contributed by atoms with van der Waals surface area (Å²) in [5.74, 6) is -0.154. The zero-order chi connectivity index (χ0) is 18.3. The van der Waals surface area contributed by atoms with Crippen LogP contribution in [0.2, 0.25) is 0 Å². The first kappa shape index (κ1) is 21.7. The minimum atomic E-state index is -0.444. The second-order valence-corrected chi connectivity index (χ2v) is 6.47. The van der Waals surface area contributed by atoms with Gasteiger partial charge in [-0.05, 0) is 32.1 Å². The highest BCUT2D eigenvalue weighted by atomic mass is 16.6. The Bertz CT molecular complexity index is 439. The van der Waals surface area contributed by atoms with Crippen molar-refractivity contribution in [2.75, 3.05) is 7.11 Å². The van der Waals surface area contributed by atoms with Crippen molar-refractivity contribution in [3.8, 4) is 0 Å². The lowest BCUT2D eigenvalue weighted by molar-refractivity contribution is -0.140. The van der Waals surface area contributed by atoms with Gasteiger partial charge in [0, 0.05) is 6.42 Å². The Morgan fingerprint density at radius 2 is 2.00 bits per heavy atom. The van der Waals surface area contributed by atoms with Gasteiger partial charge in [-0.2, -0.15) is 0 Å². The lowest BCUT2D eigenvalue weighted by atomic mass is 10.1. The van der Waals surface area contributed by atoms with Crippen molar-refractivity contribution in [1.29, 1.82) is 0 Å². The van der Waals surface area contributed by atoms with E-state index in [1.807, 2.05) is 18.2 Å². The number of esters is 1. The SMILES string of the molecule is CCCCC[C@@H]1O[C@H]1/C=C/C(O)C/C=C\C/C=C\CCCC(=O)OC. The molecule has 3 atom stereocenters. The molecule has 25 heavy (non-hydrogen) atoms. The van der Waals surface area contributed by atoms with Crippen molar-refractivity contribution in [1.82, 2.24) is 0 Å². The van der Waals surface area contributed by atoms with Crippen molar-refractivity contribution < 1.29 is 19.4 Å². The summed E-state index contributed by atoms with van der Waals surface area (Å²) in [6.07, 6.45) is 20.7. The number of ether oxygens (including phenoxy) is 2. The molecule has 4 nitrogen and oxygen atoms in total. The molecule has 1 aliphatic rings. The molecule has 1 heterocycles. The van der Waals surface area contributed by atoms with Gasteiger partial charge >= 0.3 is 5.97 Å². The first-order valence-electron chi connectivity index (χ1n) is 9.56. The van der Waals surface area contributed by atoms with E-state index in [1.165, 1.54) is 26.4 Å². The van der Waals surface area contributed by atoms with Crippen LogP contribution >= 0.6 is 0 Å². The van der Waals surface area contributed by atoms with Crippen LogP contribution < -0.4 is 0 Å². The number of rotatable bonds is 14. The normalized spacial score (nSPS) is 21.4. The molecule has 142 valence electrons. The van der Waals surface area contributed by atoms with E-state index in [0.29, 0.717) is 18.9 Å². The van der Waals surface area contributed by atoms with Crippen LogP contribution in [0.15, 0.2) is 36.5 Å². The Morgan fingerprint density at radius 1 is 1.20 bits per heavy atom. The molecule has 1 unspecified atom stereocenters. The molecule has 0 aromatic heterocycles. The van der Waals surface area contributed by atoms with Crippen LogP contribution in [0, 0.1) is 0 Å². The highest BCUT2D eigenvalue weighted by molar-refractivity contribution is 5.69. The molecule has 1 fully saturated rings. The van der Waals surface area contributed by atoms with Gasteiger partial charge in [-0.15, -0.1) is 0 Å². The fraction of sp³-hybridized carbons (Fsp3) is 0.667. The van der Waals surface area contributed by atoms with E-state index < -0.39 is 6.10 Å². The van der Waals surface area contributed by atoms with Crippen LogP contribution in [0.3, 0.4) is 0 Å². The molecule has 0 aliphatic carbocycles. The van der Waals surface area contributed by atoms with Gasteiger partial charge < -0.3 is 14.6 Å². The number of carbonyl (C=O) groups excluding carboxylic acids is 1. The van der Waals surface area contributed by atoms with Gasteiger partial charge in [0.15, 0.2) is 0 Å². The number of carbonyl (C=O) groups is 1. The van der Waals surface area contributed by atoms with E-state index in [1.54, 1.807) is 0 Å². The highest BCUT2D eigenvalue weighted by Gasteiger charge is 2.35. The first-order valence-corrected chi connectivity index (χ1v) is 9.56. The van der Waals surface area contributed by atoms with E-state index in [9.17, 15) is 9.90 Å². The fourth-order valence-electron chi connectivity index (χ4n) is 2.56. The molecule has 0 aromatic carbocycles. The van der Waals surface area contributed by atoms with Crippen LogP contribution in [-0.4, -0.2) is 36.5 Å². The van der Waals surface area contributed by atoms with E-state index in [-0.39, 0.29) is 12.1 Å². The Balaban J connectivity index is 2.00. The molecule has 1 aliphatic heterocycles. The quantitative estimate of drug-likeness (QED) is 0.217. The third-order valence-corrected chi connectivity index (χ3v) is 4.20. The van der Waals surface area contributed by atoms with Gasteiger partial charge in [0.2, 0.25) is 0 Å². The summed E-state index contributed by atoms with van der Waals surface area (Å²) in [6, 6.07) is 0. The number of epoxide rings is 1. The lowest BCUT2D eigenvalue weighted by Gasteiger charge is -1.99. The van der Waals surface area contributed by atoms with Gasteiger partial charge in [0.25, 0.3) is 0 Å². The van der Waals surface area contributed by atoms with Crippen LogP contribution in [0.1, 0.15) is 64.7 Å². The molecule has 0 aromatic rings. The van der Waals surface area contributed by atoms with E-state index in [2.05, 4.69) is 29.9 Å². The summed E-state index contributed by atoms with van der Waals surface area (Å²) in [5.41, 5.74) is 0. The van der Waals surface area contributed by atoms with E-state index in [0.717, 1.165) is 25.7 Å². The minimum Gasteiger partial charge on any atom is -0.469 e. The smallest absolute Gasteiger partial charge is 0.305 e. The second kappa shape index (κ2) is 13.9. The van der Waals surface area contributed by atoms with Crippen molar-refractivity contribution in [2.45, 2.75) is 83.0 Å². The standard InChI is InChI=1S/C21H34O4/c1-3-4-10-14-19-20(25-19)17-16-18(22)13-11-8-6-5-7-9-12-15-21(23)24-2/h5,7-8,11,16-20,22H,3-4,6,9-10,12-15H2,1-2H3/b7-5-,11-8-,17-16+/t18?,19-,20-/m0/s1. The zero-order valence-electron chi connectivity index (χ0n) is 15.7. The Kier molecular flexibility index (Phi) is 12.0. The molecule has 4 heteroatoms. The molecule has 1 N–H and O–H groups in total. The van der Waals surface area contributed by atoms with Gasteiger partial charge in [0.1, 0.15) is 6.10 Å². The number of hydrogen-bond donors (Lipinski definition) is 1. The summed E-state index contributed by atoms with van der Waals surface area (Å²) in [4.78, 5) is 10.9. The summed E-state index contributed by atoms with van der Waals surface area (Å²) in [5, 5.41) is 9.92. The van der Waals surface area contributed by atoms with Crippen LogP contribution in [0.5, 0.6) is 0 Å². The monoisotopic (exact) mass is 350 g/mol. The predicted octanol–water partition coefficient (Wildman–Crippen LogP) is 4.49. The molecular weight excluding hydrogens is 316 g/mol. The van der Waals surface area contributed by atoms with Crippen LogP contribution in [-0.2, 0) is 14.3 Å². The fourth-order valence-corrected chi connectivity index (χ4v) is 2.56. The number of allylic oxidation sites excluding steroid dienone is 3. The minimum absolute atomic E-state index is 0.154. The maximum absolute atomic E-state index is 10.9. The number of aliphatic hydroxyl groups excluding tert-OH is 1. The Labute approximate surface area is 152 Å². The maximum Gasteiger partial charge on any atom is 0.305 e. The summed E-state index contributed by atoms with van der Waals surface area (Å²) in [6.45, 7) is 2.20. The predicted molar refractivity (Wildman–Crippen MR) is 101 cm³/mol. The molecule has 0 radical (unpaired) electrons. The molecule has 1 saturated heterocycles. The Hall–Kier alpha value is -1.39. The molecule has 0 spiro atoms. The Morgan fingerprint density at radius 3 is 2.76 bits per heavy atom. The second-order valence-electron chi connectivity index (χ2n) is 6.47. The van der Waals surface area contributed by atoms with E-state index >= 15 is 0 Å². The molecular formula is C21H34O4. The topological polar surface area (TPSA) is 59.1 Å². The van der Waals surface area contributed by atoms with Crippen molar-refractivity contribution in [3.63, 3.8) is 0 Å². The van der Waals surface area contributed by atoms with Crippen molar-refractivity contribution >= 4 is 5.97 Å². The third-order valence-electron chi connectivity index (χ3n) is 4.20. The van der Waals surface area contributed by atoms with Gasteiger partial charge in [-0.3, -0.25) is 4.79 Å². The summed E-state index contributed by atoms with van der Waals surface area (Å²) < 4.78 is 10.2. The van der Waals surface area contributed by atoms with Crippen molar-refractivity contribution in [3.05, 3.63) is 36.5 Å². The largest absolute Gasteiger partial charge is 0.469 e. The zero-order valence-corrected chi connectivity index (χ0v) is 15.7. The van der Waals surface area contributed by atoms with Crippen LogP contribution in [0.4, 0.5) is 0 Å². The number of hydrogen-bond acceptors (Lipinski definition) is 4. The van der Waals surface area contributed by atoms with E-state index in [4.69, 9.17) is 4.74 Å².